The highest BCUT2D eigenvalue weighted by molar-refractivity contribution is 9.10. The molecule has 1 amide bonds. The van der Waals surface area contributed by atoms with Crippen LogP contribution >= 0.6 is 15.9 Å². The van der Waals surface area contributed by atoms with Gasteiger partial charge in [-0.05, 0) is 45.4 Å². The maximum absolute atomic E-state index is 11.7. The third kappa shape index (κ3) is 4.14. The molecule has 2 N–H and O–H groups in total. The zero-order valence-corrected chi connectivity index (χ0v) is 12.5. The highest BCUT2D eigenvalue weighted by Crippen LogP contribution is 2.24. The van der Waals surface area contributed by atoms with Crippen molar-refractivity contribution in [3.63, 3.8) is 0 Å². The number of carbonyl (C=O) groups excluding carboxylic acids is 1. The van der Waals surface area contributed by atoms with Gasteiger partial charge in [0.1, 0.15) is 5.60 Å². The summed E-state index contributed by atoms with van der Waals surface area (Å²) < 4.78 is 6.07. The summed E-state index contributed by atoms with van der Waals surface area (Å²) in [7, 11) is 0. The van der Waals surface area contributed by atoms with E-state index in [2.05, 4.69) is 21.2 Å². The minimum absolute atomic E-state index is 0.521. The van der Waals surface area contributed by atoms with Gasteiger partial charge in [0, 0.05) is 16.3 Å². The number of ether oxygens (including phenoxy) is 1. The van der Waals surface area contributed by atoms with Crippen LogP contribution in [0.15, 0.2) is 16.6 Å². The lowest BCUT2D eigenvalue weighted by molar-refractivity contribution is 0.0636. The van der Waals surface area contributed by atoms with E-state index in [9.17, 15) is 4.79 Å². The second-order valence-electron chi connectivity index (χ2n) is 4.96. The van der Waals surface area contributed by atoms with E-state index in [0.29, 0.717) is 11.3 Å². The van der Waals surface area contributed by atoms with Gasteiger partial charge >= 0.3 is 6.09 Å². The van der Waals surface area contributed by atoms with E-state index in [1.807, 2.05) is 6.92 Å². The minimum atomic E-state index is -0.542. The molecule has 0 atom stereocenters. The Hall–Kier alpha value is -1.36. The second-order valence-corrected chi connectivity index (χ2v) is 5.81. The van der Waals surface area contributed by atoms with E-state index in [-0.39, 0.29) is 0 Å². The molecule has 4 nitrogen and oxygen atoms in total. The molecule has 1 rings (SSSR count). The Kier molecular flexibility index (Phi) is 4.51. The van der Waals surface area contributed by atoms with E-state index in [0.717, 1.165) is 10.0 Å². The zero-order chi connectivity index (χ0) is 13.9. The van der Waals surface area contributed by atoms with Crippen LogP contribution in [0.2, 0.25) is 0 Å². The molecule has 0 aliphatic heterocycles. The van der Waals surface area contributed by atoms with Gasteiger partial charge in [-0.1, -0.05) is 15.9 Å². The number of anilines is 1. The summed E-state index contributed by atoms with van der Waals surface area (Å²) in [6.07, 6.45) is 0.670. The van der Waals surface area contributed by atoms with Crippen LogP contribution < -0.4 is 5.32 Å². The summed E-state index contributed by atoms with van der Waals surface area (Å²) in [4.78, 5) is 11.7. The number of rotatable bonds is 2. The van der Waals surface area contributed by atoms with Gasteiger partial charge < -0.3 is 10.1 Å². The minimum Gasteiger partial charge on any atom is -0.444 e. The standard InChI is InChI=1S/C13H17BrN2O2/c1-8-5-11(9(7-15)6-10(8)14)16-12(17)18-13(2,3)4/h5-7,15H,1-4H3,(H,16,17). The van der Waals surface area contributed by atoms with Crippen molar-refractivity contribution in [1.82, 2.24) is 0 Å². The molecule has 0 saturated carbocycles. The first-order chi connectivity index (χ1) is 8.23. The molecule has 0 radical (unpaired) electrons. The first-order valence-electron chi connectivity index (χ1n) is 5.53. The van der Waals surface area contributed by atoms with Crippen LogP contribution in [0.25, 0.3) is 0 Å². The lowest BCUT2D eigenvalue weighted by Gasteiger charge is -2.20. The summed E-state index contributed by atoms with van der Waals surface area (Å²) in [6, 6.07) is 3.59. The highest BCUT2D eigenvalue weighted by Gasteiger charge is 2.17. The Balaban J connectivity index is 2.94. The van der Waals surface area contributed by atoms with Crippen molar-refractivity contribution in [1.29, 1.82) is 5.41 Å². The fourth-order valence-corrected chi connectivity index (χ4v) is 1.70. The molecular weight excluding hydrogens is 296 g/mol. The lowest BCUT2D eigenvalue weighted by atomic mass is 10.1. The van der Waals surface area contributed by atoms with E-state index in [4.69, 9.17) is 10.1 Å². The van der Waals surface area contributed by atoms with Gasteiger partial charge in [0.2, 0.25) is 0 Å². The summed E-state index contributed by atoms with van der Waals surface area (Å²) in [5.41, 5.74) is 1.63. The summed E-state index contributed by atoms with van der Waals surface area (Å²) in [5, 5.41) is 9.99. The van der Waals surface area contributed by atoms with Gasteiger partial charge in [-0.2, -0.15) is 0 Å². The van der Waals surface area contributed by atoms with Crippen LogP contribution in [-0.2, 0) is 4.74 Å². The van der Waals surface area contributed by atoms with Crippen LogP contribution in [0, 0.1) is 12.3 Å². The highest BCUT2D eigenvalue weighted by atomic mass is 79.9. The van der Waals surface area contributed by atoms with Crippen LogP contribution in [0.1, 0.15) is 31.9 Å². The zero-order valence-electron chi connectivity index (χ0n) is 10.9. The number of carbonyl (C=O) groups is 1. The predicted octanol–water partition coefficient (Wildman–Crippen LogP) is 4.10. The van der Waals surface area contributed by atoms with Crippen molar-refractivity contribution in [2.24, 2.45) is 0 Å². The van der Waals surface area contributed by atoms with Crippen LogP contribution in [0.3, 0.4) is 0 Å². The van der Waals surface area contributed by atoms with Crippen molar-refractivity contribution in [3.05, 3.63) is 27.7 Å². The molecule has 1 aromatic carbocycles. The number of benzene rings is 1. The third-order valence-corrected chi connectivity index (χ3v) is 2.98. The quantitative estimate of drug-likeness (QED) is 0.807. The molecule has 0 spiro atoms. The Morgan fingerprint density at radius 3 is 2.56 bits per heavy atom. The van der Waals surface area contributed by atoms with Crippen molar-refractivity contribution in [2.45, 2.75) is 33.3 Å². The summed E-state index contributed by atoms with van der Waals surface area (Å²) in [6.45, 7) is 7.32. The first kappa shape index (κ1) is 14.7. The molecule has 0 bridgehead atoms. The molecular formula is C13H17BrN2O2. The molecule has 0 aliphatic rings. The molecule has 18 heavy (non-hydrogen) atoms. The maximum atomic E-state index is 11.7. The van der Waals surface area contributed by atoms with Crippen LogP contribution in [-0.4, -0.2) is 17.9 Å². The molecule has 0 aliphatic carbocycles. The Morgan fingerprint density at radius 2 is 2.06 bits per heavy atom. The molecule has 1 aromatic rings. The lowest BCUT2D eigenvalue weighted by Crippen LogP contribution is -2.27. The average Bonchev–Trinajstić information content (AvgIpc) is 2.20. The van der Waals surface area contributed by atoms with Crippen molar-refractivity contribution in [2.75, 3.05) is 5.32 Å². The fourth-order valence-electron chi connectivity index (χ4n) is 1.34. The Labute approximate surface area is 115 Å². The maximum Gasteiger partial charge on any atom is 0.412 e. The first-order valence-corrected chi connectivity index (χ1v) is 6.33. The number of hydrogen-bond acceptors (Lipinski definition) is 3. The third-order valence-electron chi connectivity index (χ3n) is 2.12. The van der Waals surface area contributed by atoms with Gasteiger partial charge in [0.25, 0.3) is 0 Å². The van der Waals surface area contributed by atoms with Crippen LogP contribution in [0.4, 0.5) is 10.5 Å². The largest absolute Gasteiger partial charge is 0.444 e. The fraction of sp³-hybridized carbons (Fsp3) is 0.385. The van der Waals surface area contributed by atoms with Gasteiger partial charge in [0.15, 0.2) is 0 Å². The van der Waals surface area contributed by atoms with E-state index < -0.39 is 11.7 Å². The molecule has 0 saturated heterocycles. The number of halogens is 1. The molecule has 0 unspecified atom stereocenters. The number of aryl methyl sites for hydroxylation is 1. The van der Waals surface area contributed by atoms with E-state index in [1.165, 1.54) is 6.21 Å². The second kappa shape index (κ2) is 5.52. The topological polar surface area (TPSA) is 62.2 Å². The Bertz CT molecular complexity index is 479. The number of amides is 1. The summed E-state index contributed by atoms with van der Waals surface area (Å²) in [5.74, 6) is 0. The molecule has 0 fully saturated rings. The Morgan fingerprint density at radius 1 is 1.44 bits per heavy atom. The van der Waals surface area contributed by atoms with E-state index in [1.54, 1.807) is 32.9 Å². The van der Waals surface area contributed by atoms with Crippen molar-refractivity contribution in [3.8, 4) is 0 Å². The monoisotopic (exact) mass is 312 g/mol. The average molecular weight is 313 g/mol. The normalized spacial score (nSPS) is 10.9. The number of hydrogen-bond donors (Lipinski definition) is 2. The van der Waals surface area contributed by atoms with Crippen molar-refractivity contribution >= 4 is 33.9 Å². The molecule has 0 heterocycles. The SMILES string of the molecule is Cc1cc(NC(=O)OC(C)(C)C)c(C=N)cc1Br. The summed E-state index contributed by atoms with van der Waals surface area (Å²) >= 11 is 3.39. The van der Waals surface area contributed by atoms with Gasteiger partial charge in [0.05, 0.1) is 5.69 Å². The van der Waals surface area contributed by atoms with Crippen molar-refractivity contribution < 1.29 is 9.53 Å². The van der Waals surface area contributed by atoms with Crippen LogP contribution in [0.5, 0.6) is 0 Å². The van der Waals surface area contributed by atoms with E-state index >= 15 is 0 Å². The molecule has 98 valence electrons. The number of nitrogens with one attached hydrogen (secondary N) is 2. The predicted molar refractivity (Wildman–Crippen MR) is 76.6 cm³/mol. The van der Waals surface area contributed by atoms with Gasteiger partial charge in [-0.15, -0.1) is 0 Å². The van der Waals surface area contributed by atoms with Gasteiger partial charge in [-0.25, -0.2) is 4.79 Å². The molecule has 0 aromatic heterocycles. The molecule has 5 heteroatoms. The van der Waals surface area contributed by atoms with Gasteiger partial charge in [-0.3, -0.25) is 5.32 Å². The smallest absolute Gasteiger partial charge is 0.412 e.